The average Bonchev–Trinajstić information content (AvgIpc) is 3.37. The minimum Gasteiger partial charge on any atom is -0.331 e. The number of pyridine rings is 1. The number of amides is 2. The molecular formula is C20H17N5OS2. The summed E-state index contributed by atoms with van der Waals surface area (Å²) in [6, 6.07) is 13.1. The second kappa shape index (κ2) is 8.20. The van der Waals surface area contributed by atoms with Gasteiger partial charge in [-0.2, -0.15) is 0 Å². The summed E-state index contributed by atoms with van der Waals surface area (Å²) in [4.78, 5) is 20.9. The lowest BCUT2D eigenvalue weighted by Crippen LogP contribution is -2.18. The average molecular weight is 408 g/mol. The quantitative estimate of drug-likeness (QED) is 0.381. The number of hydrogen-bond acceptors (Lipinski definition) is 6. The first-order valence-corrected chi connectivity index (χ1v) is 10.3. The number of benzene rings is 1. The van der Waals surface area contributed by atoms with Crippen molar-refractivity contribution < 1.29 is 4.79 Å². The Hall–Kier alpha value is -3.23. The first-order valence-electron chi connectivity index (χ1n) is 8.52. The largest absolute Gasteiger partial charge is 0.331 e. The topological polar surface area (TPSA) is 78.9 Å². The number of anilines is 4. The van der Waals surface area contributed by atoms with Crippen molar-refractivity contribution in [2.24, 2.45) is 0 Å². The fourth-order valence-electron chi connectivity index (χ4n) is 2.55. The van der Waals surface area contributed by atoms with Crippen LogP contribution < -0.4 is 16.0 Å². The van der Waals surface area contributed by atoms with E-state index in [2.05, 4.69) is 25.9 Å². The van der Waals surface area contributed by atoms with E-state index in [0.717, 1.165) is 32.6 Å². The Balaban J connectivity index is 1.47. The van der Waals surface area contributed by atoms with E-state index in [1.54, 1.807) is 12.4 Å². The summed E-state index contributed by atoms with van der Waals surface area (Å²) in [5.74, 6) is 0. The van der Waals surface area contributed by atoms with Crippen LogP contribution in [0.25, 0.3) is 11.3 Å². The lowest BCUT2D eigenvalue weighted by Gasteiger charge is -2.11. The Morgan fingerprint density at radius 3 is 2.79 bits per heavy atom. The van der Waals surface area contributed by atoms with Crippen LogP contribution in [0.15, 0.2) is 65.6 Å². The number of urea groups is 1. The van der Waals surface area contributed by atoms with Gasteiger partial charge in [0.1, 0.15) is 0 Å². The van der Waals surface area contributed by atoms with Gasteiger partial charge in [-0.15, -0.1) is 22.7 Å². The van der Waals surface area contributed by atoms with Crippen LogP contribution in [0.4, 0.5) is 26.3 Å². The Morgan fingerprint density at radius 1 is 1.07 bits per heavy atom. The third-order valence-electron chi connectivity index (χ3n) is 3.96. The number of carbonyl (C=O) groups excluding carboxylic acids is 1. The summed E-state index contributed by atoms with van der Waals surface area (Å²) >= 11 is 3.00. The Kier molecular flexibility index (Phi) is 5.31. The molecule has 0 unspecified atom stereocenters. The van der Waals surface area contributed by atoms with Crippen molar-refractivity contribution >= 4 is 50.2 Å². The number of hydrogen-bond donors (Lipinski definition) is 3. The van der Waals surface area contributed by atoms with Gasteiger partial charge in [-0.25, -0.2) is 9.78 Å². The maximum absolute atomic E-state index is 12.1. The van der Waals surface area contributed by atoms with Gasteiger partial charge in [-0.1, -0.05) is 6.07 Å². The molecule has 0 atom stereocenters. The summed E-state index contributed by atoms with van der Waals surface area (Å²) in [6.07, 6.45) is 3.53. The molecule has 0 saturated heterocycles. The number of nitrogens with one attached hydrogen (secondary N) is 3. The first kappa shape index (κ1) is 18.1. The summed E-state index contributed by atoms with van der Waals surface area (Å²) in [5, 5.41) is 14.5. The van der Waals surface area contributed by atoms with Crippen LogP contribution in [0.5, 0.6) is 0 Å². The molecule has 4 aromatic rings. The molecule has 0 aliphatic heterocycles. The van der Waals surface area contributed by atoms with Crippen molar-refractivity contribution in [3.8, 4) is 11.3 Å². The third kappa shape index (κ3) is 4.36. The van der Waals surface area contributed by atoms with Crippen molar-refractivity contribution in [2.45, 2.75) is 6.92 Å². The van der Waals surface area contributed by atoms with Crippen molar-refractivity contribution in [3.63, 3.8) is 0 Å². The lowest BCUT2D eigenvalue weighted by atomic mass is 10.2. The molecule has 140 valence electrons. The number of aryl methyl sites for hydroxylation is 1. The van der Waals surface area contributed by atoms with E-state index in [0.29, 0.717) is 5.69 Å². The molecule has 0 aliphatic rings. The zero-order valence-corrected chi connectivity index (χ0v) is 16.6. The van der Waals surface area contributed by atoms with Gasteiger partial charge < -0.3 is 10.6 Å². The van der Waals surface area contributed by atoms with E-state index in [-0.39, 0.29) is 6.03 Å². The molecule has 0 bridgehead atoms. The predicted octanol–water partition coefficient (Wildman–Crippen LogP) is 5.96. The molecular weight excluding hydrogens is 390 g/mol. The molecule has 1 aromatic carbocycles. The van der Waals surface area contributed by atoms with Gasteiger partial charge in [0.05, 0.1) is 10.7 Å². The minimum atomic E-state index is -0.273. The Labute approximate surface area is 170 Å². The van der Waals surface area contributed by atoms with E-state index in [4.69, 9.17) is 0 Å². The molecule has 28 heavy (non-hydrogen) atoms. The first-order chi connectivity index (χ1) is 13.7. The van der Waals surface area contributed by atoms with Crippen molar-refractivity contribution in [1.29, 1.82) is 0 Å². The van der Waals surface area contributed by atoms with Gasteiger partial charge in [-0.3, -0.25) is 10.3 Å². The van der Waals surface area contributed by atoms with E-state index in [1.807, 2.05) is 60.1 Å². The van der Waals surface area contributed by atoms with Crippen molar-refractivity contribution in [2.75, 3.05) is 16.0 Å². The normalized spacial score (nSPS) is 10.5. The predicted molar refractivity (Wildman–Crippen MR) is 117 cm³/mol. The van der Waals surface area contributed by atoms with Crippen LogP contribution in [0, 0.1) is 6.92 Å². The van der Waals surface area contributed by atoms with E-state index < -0.39 is 0 Å². The smallest absolute Gasteiger partial charge is 0.324 e. The zero-order chi connectivity index (χ0) is 19.3. The minimum absolute atomic E-state index is 0.273. The molecule has 6 nitrogen and oxygen atoms in total. The third-order valence-corrected chi connectivity index (χ3v) is 5.50. The van der Waals surface area contributed by atoms with Gasteiger partial charge in [-0.05, 0) is 54.3 Å². The van der Waals surface area contributed by atoms with Crippen LogP contribution in [0.2, 0.25) is 0 Å². The second-order valence-corrected chi connectivity index (χ2v) is 7.80. The molecule has 2 amide bonds. The molecule has 0 saturated carbocycles. The number of carbonyl (C=O) groups is 1. The highest BCUT2D eigenvalue weighted by Crippen LogP contribution is 2.29. The lowest BCUT2D eigenvalue weighted by molar-refractivity contribution is 0.262. The Bertz CT molecular complexity index is 1080. The van der Waals surface area contributed by atoms with Gasteiger partial charge in [0.15, 0.2) is 5.13 Å². The van der Waals surface area contributed by atoms with E-state index >= 15 is 0 Å². The van der Waals surface area contributed by atoms with Crippen molar-refractivity contribution in [1.82, 2.24) is 9.97 Å². The van der Waals surface area contributed by atoms with Crippen LogP contribution in [-0.4, -0.2) is 16.0 Å². The van der Waals surface area contributed by atoms with Gasteiger partial charge in [0.25, 0.3) is 0 Å². The highest BCUT2D eigenvalue weighted by molar-refractivity contribution is 7.14. The molecule has 0 radical (unpaired) electrons. The van der Waals surface area contributed by atoms with E-state index in [1.165, 1.54) is 22.7 Å². The molecule has 3 aromatic heterocycles. The number of nitrogens with zero attached hydrogens (tertiary/aromatic N) is 2. The van der Waals surface area contributed by atoms with Crippen molar-refractivity contribution in [3.05, 3.63) is 71.2 Å². The van der Waals surface area contributed by atoms with Gasteiger partial charge in [0, 0.05) is 34.7 Å². The van der Waals surface area contributed by atoms with Gasteiger partial charge in [0.2, 0.25) is 0 Å². The van der Waals surface area contributed by atoms with E-state index in [9.17, 15) is 4.79 Å². The molecule has 0 spiro atoms. The highest BCUT2D eigenvalue weighted by atomic mass is 32.1. The SMILES string of the molecule is Cc1ccc(NC(=O)Nc2cccs2)cc1Nc1nc(-c2cccnc2)cs1. The molecule has 4 rings (SSSR count). The summed E-state index contributed by atoms with van der Waals surface area (Å²) in [5.41, 5.74) is 4.50. The standard InChI is InChI=1S/C20H17N5OS2/c1-13-6-7-15(22-19(26)25-18-5-3-9-27-18)10-16(13)23-20-24-17(12-28-20)14-4-2-8-21-11-14/h2-12H,1H3,(H,23,24)(H2,22,25,26). The molecule has 8 heteroatoms. The molecule has 0 aliphatic carbocycles. The number of thiophene rings is 1. The highest BCUT2D eigenvalue weighted by Gasteiger charge is 2.09. The summed E-state index contributed by atoms with van der Waals surface area (Å²) < 4.78 is 0. The fraction of sp³-hybridized carbons (Fsp3) is 0.0500. The Morgan fingerprint density at radius 2 is 2.00 bits per heavy atom. The summed E-state index contributed by atoms with van der Waals surface area (Å²) in [6.45, 7) is 2.01. The fourth-order valence-corrected chi connectivity index (χ4v) is 3.90. The van der Waals surface area contributed by atoms with Crippen LogP contribution in [0.3, 0.4) is 0 Å². The van der Waals surface area contributed by atoms with Crippen LogP contribution in [-0.2, 0) is 0 Å². The second-order valence-electron chi connectivity index (χ2n) is 5.99. The maximum atomic E-state index is 12.1. The molecule has 3 heterocycles. The molecule has 3 N–H and O–H groups in total. The zero-order valence-electron chi connectivity index (χ0n) is 15.0. The number of thiazole rings is 1. The number of aromatic nitrogens is 2. The molecule has 0 fully saturated rings. The maximum Gasteiger partial charge on any atom is 0.324 e. The summed E-state index contributed by atoms with van der Waals surface area (Å²) in [7, 11) is 0. The monoisotopic (exact) mass is 407 g/mol. The number of rotatable bonds is 5. The van der Waals surface area contributed by atoms with Gasteiger partial charge >= 0.3 is 6.03 Å². The van der Waals surface area contributed by atoms with Crippen LogP contribution in [0.1, 0.15) is 5.56 Å². The van der Waals surface area contributed by atoms with Crippen LogP contribution >= 0.6 is 22.7 Å².